The summed E-state index contributed by atoms with van der Waals surface area (Å²) in [5.74, 6) is 0.641. The highest BCUT2D eigenvalue weighted by molar-refractivity contribution is 5.78. The Bertz CT molecular complexity index is 426. The van der Waals surface area contributed by atoms with Crippen molar-refractivity contribution in [2.45, 2.75) is 25.2 Å². The van der Waals surface area contributed by atoms with Crippen LogP contribution < -0.4 is 10.6 Å². The predicted octanol–water partition coefficient (Wildman–Crippen LogP) is 1.05. The minimum absolute atomic E-state index is 0.148. The van der Waals surface area contributed by atoms with Gasteiger partial charge >= 0.3 is 0 Å². The zero-order valence-corrected chi connectivity index (χ0v) is 10.5. The molecule has 2 N–H and O–H groups in total. The molecule has 0 radical (unpaired) electrons. The van der Waals surface area contributed by atoms with Crippen molar-refractivity contribution < 1.29 is 4.79 Å². The number of pyridine rings is 1. The molecule has 0 saturated carbocycles. The first-order chi connectivity index (χ1) is 8.80. The number of carbonyl (C=O) groups excluding carboxylic acids is 1. The Morgan fingerprint density at radius 1 is 1.22 bits per heavy atom. The summed E-state index contributed by atoms with van der Waals surface area (Å²) >= 11 is 0. The monoisotopic (exact) mass is 245 g/mol. The molecule has 1 aromatic rings. The molecular formula is C14H19N3O. The molecule has 2 aliphatic heterocycles. The van der Waals surface area contributed by atoms with E-state index in [1.807, 2.05) is 12.4 Å². The van der Waals surface area contributed by atoms with Crippen molar-refractivity contribution in [2.24, 2.45) is 5.41 Å². The number of carbonyl (C=O) groups is 1. The Balaban J connectivity index is 1.93. The lowest BCUT2D eigenvalue weighted by Crippen LogP contribution is -2.51. The van der Waals surface area contributed by atoms with Crippen LogP contribution >= 0.6 is 0 Å². The second-order valence-electron chi connectivity index (χ2n) is 5.43. The van der Waals surface area contributed by atoms with Crippen LogP contribution in [0.5, 0.6) is 0 Å². The van der Waals surface area contributed by atoms with Crippen molar-refractivity contribution in [2.75, 3.05) is 19.6 Å². The molecule has 1 aromatic heterocycles. The van der Waals surface area contributed by atoms with E-state index in [9.17, 15) is 4.79 Å². The Labute approximate surface area is 107 Å². The van der Waals surface area contributed by atoms with Gasteiger partial charge in [-0.25, -0.2) is 0 Å². The van der Waals surface area contributed by atoms with Gasteiger partial charge in [0.05, 0.1) is 0 Å². The third kappa shape index (κ3) is 2.01. The number of piperidine rings is 2. The molecule has 4 nitrogen and oxygen atoms in total. The van der Waals surface area contributed by atoms with Crippen molar-refractivity contribution in [3.8, 4) is 0 Å². The van der Waals surface area contributed by atoms with Crippen LogP contribution in [0.15, 0.2) is 24.5 Å². The summed E-state index contributed by atoms with van der Waals surface area (Å²) < 4.78 is 0. The maximum absolute atomic E-state index is 11.8. The van der Waals surface area contributed by atoms with Crippen molar-refractivity contribution >= 4 is 5.91 Å². The van der Waals surface area contributed by atoms with Crippen LogP contribution in [-0.2, 0) is 4.79 Å². The van der Waals surface area contributed by atoms with Crippen molar-refractivity contribution in [1.82, 2.24) is 15.6 Å². The molecule has 3 rings (SSSR count). The maximum atomic E-state index is 11.8. The van der Waals surface area contributed by atoms with E-state index in [2.05, 4.69) is 27.8 Å². The van der Waals surface area contributed by atoms with Crippen LogP contribution in [0.2, 0.25) is 0 Å². The highest BCUT2D eigenvalue weighted by atomic mass is 16.1. The normalized spacial score (nSPS) is 26.9. The molecule has 2 fully saturated rings. The summed E-state index contributed by atoms with van der Waals surface area (Å²) in [5, 5.41) is 6.42. The van der Waals surface area contributed by atoms with Crippen LogP contribution in [-0.4, -0.2) is 30.5 Å². The molecular weight excluding hydrogens is 226 g/mol. The van der Waals surface area contributed by atoms with E-state index in [1.165, 1.54) is 5.56 Å². The summed E-state index contributed by atoms with van der Waals surface area (Å²) in [4.78, 5) is 15.9. The number of amides is 1. The molecule has 0 aromatic carbocycles. The lowest BCUT2D eigenvalue weighted by atomic mass is 9.63. The van der Waals surface area contributed by atoms with Crippen LogP contribution in [0.4, 0.5) is 0 Å². The van der Waals surface area contributed by atoms with Gasteiger partial charge in [-0.05, 0) is 49.0 Å². The number of hydrogen-bond donors (Lipinski definition) is 2. The van der Waals surface area contributed by atoms with Crippen LogP contribution in [0.25, 0.3) is 0 Å². The van der Waals surface area contributed by atoms with E-state index >= 15 is 0 Å². The van der Waals surface area contributed by atoms with Gasteiger partial charge in [-0.15, -0.1) is 0 Å². The van der Waals surface area contributed by atoms with Gasteiger partial charge in [-0.2, -0.15) is 0 Å². The molecule has 1 spiro atoms. The number of nitrogens with one attached hydrogen (secondary N) is 2. The third-order valence-electron chi connectivity index (χ3n) is 4.46. The Morgan fingerprint density at radius 2 is 1.94 bits per heavy atom. The Morgan fingerprint density at radius 3 is 2.67 bits per heavy atom. The van der Waals surface area contributed by atoms with Gasteiger partial charge in [0.1, 0.15) is 0 Å². The summed E-state index contributed by atoms with van der Waals surface area (Å²) in [6.07, 6.45) is 6.55. The molecule has 1 amide bonds. The maximum Gasteiger partial charge on any atom is 0.220 e. The third-order valence-corrected chi connectivity index (χ3v) is 4.46. The lowest BCUT2D eigenvalue weighted by Gasteiger charge is -2.46. The number of rotatable bonds is 1. The zero-order valence-electron chi connectivity index (χ0n) is 10.5. The Hall–Kier alpha value is -1.42. The van der Waals surface area contributed by atoms with E-state index in [1.54, 1.807) is 0 Å². The predicted molar refractivity (Wildman–Crippen MR) is 69.1 cm³/mol. The van der Waals surface area contributed by atoms with Gasteiger partial charge < -0.3 is 10.6 Å². The zero-order chi connectivity index (χ0) is 12.4. The highest BCUT2D eigenvalue weighted by Crippen LogP contribution is 2.47. The number of aromatic nitrogens is 1. The molecule has 2 saturated heterocycles. The first-order valence-electron chi connectivity index (χ1n) is 6.68. The van der Waals surface area contributed by atoms with E-state index in [0.29, 0.717) is 12.3 Å². The molecule has 4 heteroatoms. The standard InChI is InChI=1S/C14H19N3O/c18-13-9-14(3-7-16-8-4-14)12(10-17-13)11-1-5-15-6-2-11/h1-2,5-6,12,16H,3-4,7-10H2,(H,17,18). The summed E-state index contributed by atoms with van der Waals surface area (Å²) in [5.41, 5.74) is 1.46. The fourth-order valence-electron chi connectivity index (χ4n) is 3.45. The summed E-state index contributed by atoms with van der Waals surface area (Å²) in [6.45, 7) is 2.81. The first-order valence-corrected chi connectivity index (χ1v) is 6.68. The van der Waals surface area contributed by atoms with Crippen LogP contribution in [0, 0.1) is 5.41 Å². The van der Waals surface area contributed by atoms with Gasteiger partial charge in [0.15, 0.2) is 0 Å². The molecule has 1 unspecified atom stereocenters. The summed E-state index contributed by atoms with van der Waals surface area (Å²) in [6, 6.07) is 4.18. The largest absolute Gasteiger partial charge is 0.355 e. The van der Waals surface area contributed by atoms with Gasteiger partial charge in [-0.3, -0.25) is 9.78 Å². The molecule has 0 aliphatic carbocycles. The minimum Gasteiger partial charge on any atom is -0.355 e. The first kappa shape index (κ1) is 11.7. The minimum atomic E-state index is 0.148. The Kier molecular flexibility index (Phi) is 3.04. The molecule has 1 atom stereocenters. The van der Waals surface area contributed by atoms with Crippen molar-refractivity contribution in [3.63, 3.8) is 0 Å². The fraction of sp³-hybridized carbons (Fsp3) is 0.571. The summed E-state index contributed by atoms with van der Waals surface area (Å²) in [7, 11) is 0. The molecule has 0 bridgehead atoms. The van der Waals surface area contributed by atoms with Crippen molar-refractivity contribution in [1.29, 1.82) is 0 Å². The van der Waals surface area contributed by atoms with Gasteiger partial charge in [-0.1, -0.05) is 0 Å². The van der Waals surface area contributed by atoms with E-state index in [4.69, 9.17) is 0 Å². The van der Waals surface area contributed by atoms with Gasteiger partial charge in [0.2, 0.25) is 5.91 Å². The topological polar surface area (TPSA) is 54.0 Å². The smallest absolute Gasteiger partial charge is 0.220 e. The van der Waals surface area contributed by atoms with E-state index < -0.39 is 0 Å². The second kappa shape index (κ2) is 4.69. The number of nitrogens with zero attached hydrogens (tertiary/aromatic N) is 1. The quantitative estimate of drug-likeness (QED) is 0.777. The van der Waals surface area contributed by atoms with E-state index in [0.717, 1.165) is 32.5 Å². The van der Waals surface area contributed by atoms with E-state index in [-0.39, 0.29) is 11.3 Å². The van der Waals surface area contributed by atoms with Crippen molar-refractivity contribution in [3.05, 3.63) is 30.1 Å². The highest BCUT2D eigenvalue weighted by Gasteiger charge is 2.44. The average Bonchev–Trinajstić information content (AvgIpc) is 2.40. The SMILES string of the molecule is O=C1CC2(CCNCC2)C(c2ccncc2)CN1. The molecule has 96 valence electrons. The second-order valence-corrected chi connectivity index (χ2v) is 5.43. The fourth-order valence-corrected chi connectivity index (χ4v) is 3.45. The van der Waals surface area contributed by atoms with Gasteiger partial charge in [0.25, 0.3) is 0 Å². The van der Waals surface area contributed by atoms with Crippen LogP contribution in [0.3, 0.4) is 0 Å². The van der Waals surface area contributed by atoms with Crippen LogP contribution in [0.1, 0.15) is 30.7 Å². The molecule has 18 heavy (non-hydrogen) atoms. The lowest BCUT2D eigenvalue weighted by molar-refractivity contribution is -0.127. The average molecular weight is 245 g/mol. The molecule has 3 heterocycles. The molecule has 2 aliphatic rings. The number of hydrogen-bond acceptors (Lipinski definition) is 3. The van der Waals surface area contributed by atoms with Gasteiger partial charge in [0, 0.05) is 31.3 Å².